The molecule has 1 saturated heterocycles. The lowest BCUT2D eigenvalue weighted by molar-refractivity contribution is -0.115. The van der Waals surface area contributed by atoms with Gasteiger partial charge in [0.25, 0.3) is 0 Å². The SMILES string of the molecule is C[C@@H](Cl)C(=O)Nc1cccc(S(=O)(=O)N2CCOCC2)c1. The molecule has 1 aliphatic heterocycles. The molecule has 6 nitrogen and oxygen atoms in total. The van der Waals surface area contributed by atoms with Gasteiger partial charge in [-0.2, -0.15) is 4.31 Å². The minimum Gasteiger partial charge on any atom is -0.379 e. The summed E-state index contributed by atoms with van der Waals surface area (Å²) in [5.74, 6) is -0.377. The highest BCUT2D eigenvalue weighted by Crippen LogP contribution is 2.20. The van der Waals surface area contributed by atoms with Crippen molar-refractivity contribution in [3.05, 3.63) is 24.3 Å². The maximum atomic E-state index is 12.5. The molecule has 0 saturated carbocycles. The Morgan fingerprint density at radius 3 is 2.67 bits per heavy atom. The van der Waals surface area contributed by atoms with Gasteiger partial charge in [-0.05, 0) is 25.1 Å². The number of rotatable bonds is 4. The van der Waals surface area contributed by atoms with Crippen LogP contribution in [0.1, 0.15) is 6.92 Å². The topological polar surface area (TPSA) is 75.7 Å². The van der Waals surface area contributed by atoms with Gasteiger partial charge in [0.05, 0.1) is 18.1 Å². The molecule has 21 heavy (non-hydrogen) atoms. The highest BCUT2D eigenvalue weighted by molar-refractivity contribution is 7.89. The van der Waals surface area contributed by atoms with E-state index in [1.807, 2.05) is 0 Å². The second-order valence-corrected chi connectivity index (χ2v) is 7.24. The van der Waals surface area contributed by atoms with Crippen LogP contribution < -0.4 is 5.32 Å². The van der Waals surface area contributed by atoms with Crippen LogP contribution in [0.5, 0.6) is 0 Å². The molecule has 1 aromatic carbocycles. The van der Waals surface area contributed by atoms with Crippen LogP contribution in [0.3, 0.4) is 0 Å². The van der Waals surface area contributed by atoms with Crippen LogP contribution in [0.25, 0.3) is 0 Å². The monoisotopic (exact) mass is 332 g/mol. The number of carbonyl (C=O) groups excluding carboxylic acids is 1. The first-order valence-corrected chi connectivity index (χ1v) is 8.42. The van der Waals surface area contributed by atoms with E-state index in [0.29, 0.717) is 32.0 Å². The number of sulfonamides is 1. The third-order valence-corrected chi connectivity index (χ3v) is 5.16. The number of ether oxygens (including phenoxy) is 1. The third-order valence-electron chi connectivity index (χ3n) is 3.07. The standard InChI is InChI=1S/C13H17ClN2O4S/c1-10(14)13(17)15-11-3-2-4-12(9-11)21(18,19)16-5-7-20-8-6-16/h2-4,9-10H,5-8H2,1H3,(H,15,17)/t10-/m1/s1. The molecule has 2 rings (SSSR count). The first-order valence-electron chi connectivity index (χ1n) is 6.54. The van der Waals surface area contributed by atoms with E-state index in [1.165, 1.54) is 16.4 Å². The lowest BCUT2D eigenvalue weighted by Gasteiger charge is -2.26. The maximum absolute atomic E-state index is 12.5. The molecule has 116 valence electrons. The van der Waals surface area contributed by atoms with Gasteiger partial charge in [-0.25, -0.2) is 8.42 Å². The number of nitrogens with zero attached hydrogens (tertiary/aromatic N) is 1. The summed E-state index contributed by atoms with van der Waals surface area (Å²) in [6.45, 7) is 2.99. The molecule has 1 fully saturated rings. The van der Waals surface area contributed by atoms with Gasteiger partial charge in [-0.15, -0.1) is 11.6 Å². The zero-order valence-electron chi connectivity index (χ0n) is 11.6. The normalized spacial score (nSPS) is 18.2. The molecule has 1 heterocycles. The van der Waals surface area contributed by atoms with Crippen molar-refractivity contribution in [3.8, 4) is 0 Å². The number of morpholine rings is 1. The fraction of sp³-hybridized carbons (Fsp3) is 0.462. The van der Waals surface area contributed by atoms with Crippen LogP contribution in [0.15, 0.2) is 29.2 Å². The van der Waals surface area contributed by atoms with E-state index in [0.717, 1.165) is 0 Å². The Balaban J connectivity index is 2.21. The molecule has 0 radical (unpaired) electrons. The maximum Gasteiger partial charge on any atom is 0.243 e. The number of nitrogens with one attached hydrogen (secondary N) is 1. The van der Waals surface area contributed by atoms with Crippen molar-refractivity contribution in [2.24, 2.45) is 0 Å². The highest BCUT2D eigenvalue weighted by Gasteiger charge is 2.26. The van der Waals surface area contributed by atoms with Crippen LogP contribution in [-0.2, 0) is 19.6 Å². The summed E-state index contributed by atoms with van der Waals surface area (Å²) in [6, 6.07) is 6.14. The Labute approximate surface area is 129 Å². The first-order chi connectivity index (χ1) is 9.91. The van der Waals surface area contributed by atoms with Crippen LogP contribution in [0.2, 0.25) is 0 Å². The predicted octanol–water partition coefficient (Wildman–Crippen LogP) is 1.27. The summed E-state index contributed by atoms with van der Waals surface area (Å²) in [4.78, 5) is 11.7. The number of halogens is 1. The molecule has 1 aromatic rings. The van der Waals surface area contributed by atoms with Gasteiger partial charge in [-0.1, -0.05) is 6.07 Å². The van der Waals surface area contributed by atoms with Crippen molar-refractivity contribution >= 4 is 33.2 Å². The Bertz CT molecular complexity index is 612. The molecule has 0 spiro atoms. The molecule has 0 unspecified atom stereocenters. The van der Waals surface area contributed by atoms with Gasteiger partial charge in [0.15, 0.2) is 0 Å². The van der Waals surface area contributed by atoms with Crippen LogP contribution in [0, 0.1) is 0 Å². The molecule has 0 aromatic heterocycles. The van der Waals surface area contributed by atoms with Crippen LogP contribution in [-0.4, -0.2) is 50.3 Å². The van der Waals surface area contributed by atoms with Crippen molar-refractivity contribution < 1.29 is 17.9 Å². The van der Waals surface area contributed by atoms with Crippen molar-refractivity contribution in [2.45, 2.75) is 17.2 Å². The molecule has 8 heteroatoms. The van der Waals surface area contributed by atoms with E-state index >= 15 is 0 Å². The average molecular weight is 333 g/mol. The number of amides is 1. The number of hydrogen-bond donors (Lipinski definition) is 1. The van der Waals surface area contributed by atoms with Crippen LogP contribution >= 0.6 is 11.6 Å². The van der Waals surface area contributed by atoms with E-state index < -0.39 is 15.4 Å². The van der Waals surface area contributed by atoms with Crippen LogP contribution in [0.4, 0.5) is 5.69 Å². The second-order valence-electron chi connectivity index (χ2n) is 4.65. The van der Waals surface area contributed by atoms with Gasteiger partial charge >= 0.3 is 0 Å². The Hall–Kier alpha value is -1.15. The molecule has 1 atom stereocenters. The molecule has 0 aliphatic carbocycles. The van der Waals surface area contributed by atoms with Gasteiger partial charge in [0.1, 0.15) is 5.38 Å². The summed E-state index contributed by atoms with van der Waals surface area (Å²) in [5, 5.41) is 1.89. The fourth-order valence-corrected chi connectivity index (χ4v) is 3.42. The van der Waals surface area contributed by atoms with Crippen molar-refractivity contribution in [1.82, 2.24) is 4.31 Å². The van der Waals surface area contributed by atoms with Gasteiger partial charge < -0.3 is 10.1 Å². The van der Waals surface area contributed by atoms with Gasteiger partial charge in [-0.3, -0.25) is 4.79 Å². The van der Waals surface area contributed by atoms with E-state index in [9.17, 15) is 13.2 Å². The second kappa shape index (κ2) is 6.74. The quantitative estimate of drug-likeness (QED) is 0.843. The van der Waals surface area contributed by atoms with Crippen molar-refractivity contribution in [1.29, 1.82) is 0 Å². The third kappa shape index (κ3) is 3.94. The average Bonchev–Trinajstić information content (AvgIpc) is 2.48. The minimum atomic E-state index is -3.57. The molecular weight excluding hydrogens is 316 g/mol. The lowest BCUT2D eigenvalue weighted by atomic mass is 10.3. The smallest absolute Gasteiger partial charge is 0.243 e. The highest BCUT2D eigenvalue weighted by atomic mass is 35.5. The Morgan fingerprint density at radius 2 is 2.05 bits per heavy atom. The number of benzene rings is 1. The summed E-state index contributed by atoms with van der Waals surface area (Å²) in [5.41, 5.74) is 0.404. The van der Waals surface area contributed by atoms with Gasteiger partial charge in [0, 0.05) is 18.8 Å². The van der Waals surface area contributed by atoms with E-state index in [-0.39, 0.29) is 10.8 Å². The van der Waals surface area contributed by atoms with E-state index in [1.54, 1.807) is 19.1 Å². The van der Waals surface area contributed by atoms with Crippen molar-refractivity contribution in [2.75, 3.05) is 31.6 Å². The number of anilines is 1. The molecule has 1 aliphatic rings. The largest absolute Gasteiger partial charge is 0.379 e. The molecule has 1 amide bonds. The predicted molar refractivity (Wildman–Crippen MR) is 80.0 cm³/mol. The van der Waals surface area contributed by atoms with E-state index in [4.69, 9.17) is 16.3 Å². The number of hydrogen-bond acceptors (Lipinski definition) is 4. The summed E-state index contributed by atoms with van der Waals surface area (Å²) in [6.07, 6.45) is 0. The molecule has 1 N–H and O–H groups in total. The summed E-state index contributed by atoms with van der Waals surface area (Å²) < 4.78 is 31.5. The summed E-state index contributed by atoms with van der Waals surface area (Å²) in [7, 11) is -3.57. The number of alkyl halides is 1. The first kappa shape index (κ1) is 16.2. The van der Waals surface area contributed by atoms with Crippen molar-refractivity contribution in [3.63, 3.8) is 0 Å². The Kier molecular flexibility index (Phi) is 5.21. The van der Waals surface area contributed by atoms with Gasteiger partial charge in [0.2, 0.25) is 15.9 Å². The Morgan fingerprint density at radius 1 is 1.38 bits per heavy atom. The minimum absolute atomic E-state index is 0.143. The zero-order chi connectivity index (χ0) is 15.5. The van der Waals surface area contributed by atoms with E-state index in [2.05, 4.69) is 5.32 Å². The number of carbonyl (C=O) groups is 1. The summed E-state index contributed by atoms with van der Waals surface area (Å²) >= 11 is 5.68. The molecule has 0 bridgehead atoms. The fourth-order valence-electron chi connectivity index (χ4n) is 1.91. The molecular formula is C13H17ClN2O4S. The lowest BCUT2D eigenvalue weighted by Crippen LogP contribution is -2.40. The zero-order valence-corrected chi connectivity index (χ0v) is 13.2.